The van der Waals surface area contributed by atoms with Crippen molar-refractivity contribution in [2.75, 3.05) is 0 Å². The molecule has 2 nitrogen and oxygen atoms in total. The zero-order valence-electron chi connectivity index (χ0n) is 10.7. The largest absolute Gasteiger partial charge is 0.294 e. The van der Waals surface area contributed by atoms with Gasteiger partial charge in [0, 0.05) is 23.9 Å². The third-order valence-corrected chi connectivity index (χ3v) is 3.52. The first-order chi connectivity index (χ1) is 9.22. The van der Waals surface area contributed by atoms with E-state index in [-0.39, 0.29) is 5.92 Å². The summed E-state index contributed by atoms with van der Waals surface area (Å²) in [4.78, 5) is 4.31. The molecule has 0 fully saturated rings. The molecule has 0 amide bonds. The second kappa shape index (κ2) is 4.50. The van der Waals surface area contributed by atoms with Gasteiger partial charge in [0.1, 0.15) is 5.82 Å². The topological polar surface area (TPSA) is 17.8 Å². The number of imidazole rings is 1. The van der Waals surface area contributed by atoms with E-state index in [1.54, 1.807) is 29.1 Å². The molecule has 0 N–H and O–H groups in total. The van der Waals surface area contributed by atoms with E-state index in [1.165, 1.54) is 0 Å². The highest BCUT2D eigenvalue weighted by Crippen LogP contribution is 2.36. The Morgan fingerprint density at radius 2 is 2.00 bits per heavy atom. The third kappa shape index (κ3) is 1.91. The Morgan fingerprint density at radius 1 is 1.21 bits per heavy atom. The summed E-state index contributed by atoms with van der Waals surface area (Å²) < 4.78 is 16.9. The predicted octanol–water partition coefficient (Wildman–Crippen LogP) is 3.93. The zero-order valence-corrected chi connectivity index (χ0v) is 10.7. The molecule has 19 heavy (non-hydrogen) atoms. The number of benzene rings is 1. The monoisotopic (exact) mass is 254 g/mol. The second-order valence-electron chi connectivity index (χ2n) is 4.75. The van der Waals surface area contributed by atoms with Crippen LogP contribution in [0.1, 0.15) is 6.92 Å². The fraction of sp³-hybridized carbons (Fsp3) is 0.188. The molecule has 2 unspecified atom stereocenters. The number of rotatable bonds is 2. The number of alkyl halides is 1. The first-order valence-corrected chi connectivity index (χ1v) is 6.36. The fourth-order valence-corrected chi connectivity index (χ4v) is 2.39. The molecule has 1 aliphatic carbocycles. The molecule has 0 radical (unpaired) electrons. The van der Waals surface area contributed by atoms with Gasteiger partial charge in [-0.05, 0) is 6.08 Å². The van der Waals surface area contributed by atoms with E-state index in [1.807, 2.05) is 49.4 Å². The molecule has 1 heterocycles. The highest BCUT2D eigenvalue weighted by molar-refractivity contribution is 5.55. The van der Waals surface area contributed by atoms with Crippen LogP contribution in [0.15, 0.2) is 67.0 Å². The van der Waals surface area contributed by atoms with Gasteiger partial charge in [0.2, 0.25) is 5.79 Å². The van der Waals surface area contributed by atoms with Gasteiger partial charge in [-0.1, -0.05) is 55.5 Å². The lowest BCUT2D eigenvalue weighted by atomic mass is 9.94. The average molecular weight is 254 g/mol. The van der Waals surface area contributed by atoms with Crippen LogP contribution in [0.25, 0.3) is 11.4 Å². The summed E-state index contributed by atoms with van der Waals surface area (Å²) in [6.07, 6.45) is 10.4. The zero-order chi connectivity index (χ0) is 13.3. The first kappa shape index (κ1) is 11.9. The van der Waals surface area contributed by atoms with E-state index >= 15 is 4.39 Å². The van der Waals surface area contributed by atoms with Gasteiger partial charge in [-0.25, -0.2) is 9.37 Å². The van der Waals surface area contributed by atoms with E-state index < -0.39 is 5.79 Å². The van der Waals surface area contributed by atoms with Crippen LogP contribution in [0.2, 0.25) is 0 Å². The molecule has 2 atom stereocenters. The summed E-state index contributed by atoms with van der Waals surface area (Å²) in [7, 11) is 0. The van der Waals surface area contributed by atoms with Gasteiger partial charge < -0.3 is 0 Å². The van der Waals surface area contributed by atoms with Crippen LogP contribution < -0.4 is 0 Å². The van der Waals surface area contributed by atoms with Crippen LogP contribution in [0.5, 0.6) is 0 Å². The van der Waals surface area contributed by atoms with Crippen molar-refractivity contribution in [2.24, 2.45) is 5.92 Å². The summed E-state index contributed by atoms with van der Waals surface area (Å²) >= 11 is 0. The Kier molecular flexibility index (Phi) is 2.82. The Balaban J connectivity index is 2.11. The summed E-state index contributed by atoms with van der Waals surface area (Å²) in [6, 6.07) is 9.68. The number of nitrogens with zero attached hydrogens (tertiary/aromatic N) is 2. The maximum Gasteiger partial charge on any atom is 0.212 e. The van der Waals surface area contributed by atoms with Gasteiger partial charge in [-0.15, -0.1) is 0 Å². The number of allylic oxidation sites excluding steroid dienone is 4. The van der Waals surface area contributed by atoms with Crippen molar-refractivity contribution in [3.8, 4) is 11.4 Å². The molecule has 2 aromatic rings. The maximum absolute atomic E-state index is 15.3. The predicted molar refractivity (Wildman–Crippen MR) is 74.2 cm³/mol. The quantitative estimate of drug-likeness (QED) is 0.793. The van der Waals surface area contributed by atoms with Crippen molar-refractivity contribution in [1.29, 1.82) is 0 Å². The smallest absolute Gasteiger partial charge is 0.212 e. The van der Waals surface area contributed by atoms with Crippen molar-refractivity contribution < 1.29 is 4.39 Å². The molecule has 3 heteroatoms. The molecule has 0 saturated heterocycles. The first-order valence-electron chi connectivity index (χ1n) is 6.36. The highest BCUT2D eigenvalue weighted by atomic mass is 19.1. The number of halogens is 1. The highest BCUT2D eigenvalue weighted by Gasteiger charge is 2.37. The number of aromatic nitrogens is 2. The lowest BCUT2D eigenvalue weighted by molar-refractivity contribution is 0.0861. The lowest BCUT2D eigenvalue weighted by Crippen LogP contribution is -2.33. The van der Waals surface area contributed by atoms with Crippen LogP contribution in [-0.2, 0) is 5.79 Å². The van der Waals surface area contributed by atoms with Crippen molar-refractivity contribution in [3.05, 3.63) is 67.0 Å². The van der Waals surface area contributed by atoms with Crippen molar-refractivity contribution in [2.45, 2.75) is 12.7 Å². The van der Waals surface area contributed by atoms with Gasteiger partial charge in [0.15, 0.2) is 0 Å². The van der Waals surface area contributed by atoms with E-state index in [9.17, 15) is 0 Å². The molecule has 0 saturated carbocycles. The Morgan fingerprint density at radius 3 is 2.74 bits per heavy atom. The number of hydrogen-bond donors (Lipinski definition) is 0. The summed E-state index contributed by atoms with van der Waals surface area (Å²) in [6.45, 7) is 1.87. The maximum atomic E-state index is 15.3. The standard InChI is InChI=1S/C16H15FN2/c1-13-7-5-6-10-16(13,17)19-12-11-18-15(19)14-8-3-2-4-9-14/h2-13H,1H3. The molecule has 1 aliphatic rings. The number of hydrogen-bond acceptors (Lipinski definition) is 1. The lowest BCUT2D eigenvalue weighted by Gasteiger charge is -2.31. The molecular formula is C16H15FN2. The Labute approximate surface area is 111 Å². The van der Waals surface area contributed by atoms with E-state index in [2.05, 4.69) is 4.98 Å². The Hall–Kier alpha value is -2.16. The minimum absolute atomic E-state index is 0.228. The van der Waals surface area contributed by atoms with Crippen molar-refractivity contribution in [1.82, 2.24) is 9.55 Å². The SMILES string of the molecule is CC1C=CC=CC1(F)n1ccnc1-c1ccccc1. The van der Waals surface area contributed by atoms with Crippen LogP contribution in [0, 0.1) is 5.92 Å². The van der Waals surface area contributed by atoms with Gasteiger partial charge in [0.05, 0.1) is 0 Å². The molecule has 0 spiro atoms. The minimum atomic E-state index is -1.56. The van der Waals surface area contributed by atoms with E-state index in [0.717, 1.165) is 5.56 Å². The molecule has 0 bridgehead atoms. The van der Waals surface area contributed by atoms with Crippen LogP contribution in [-0.4, -0.2) is 9.55 Å². The fourth-order valence-electron chi connectivity index (χ4n) is 2.39. The van der Waals surface area contributed by atoms with Crippen molar-refractivity contribution in [3.63, 3.8) is 0 Å². The minimum Gasteiger partial charge on any atom is -0.294 e. The third-order valence-electron chi connectivity index (χ3n) is 3.52. The molecule has 96 valence electrons. The summed E-state index contributed by atoms with van der Waals surface area (Å²) in [5, 5.41) is 0. The van der Waals surface area contributed by atoms with Crippen LogP contribution >= 0.6 is 0 Å². The normalized spacial score (nSPS) is 25.7. The average Bonchev–Trinajstić information content (AvgIpc) is 2.93. The molecule has 1 aromatic heterocycles. The van der Waals surface area contributed by atoms with Gasteiger partial charge in [-0.2, -0.15) is 0 Å². The second-order valence-corrected chi connectivity index (χ2v) is 4.75. The van der Waals surface area contributed by atoms with Gasteiger partial charge in [-0.3, -0.25) is 4.57 Å². The Bertz CT molecular complexity index is 627. The molecule has 1 aromatic carbocycles. The van der Waals surface area contributed by atoms with Crippen LogP contribution in [0.3, 0.4) is 0 Å². The molecule has 3 rings (SSSR count). The van der Waals surface area contributed by atoms with E-state index in [0.29, 0.717) is 5.82 Å². The van der Waals surface area contributed by atoms with Crippen LogP contribution in [0.4, 0.5) is 4.39 Å². The molecular weight excluding hydrogens is 239 g/mol. The summed E-state index contributed by atoms with van der Waals surface area (Å²) in [5.74, 6) is -1.14. The van der Waals surface area contributed by atoms with Gasteiger partial charge in [0.25, 0.3) is 0 Å². The van der Waals surface area contributed by atoms with E-state index in [4.69, 9.17) is 0 Å². The molecule has 0 aliphatic heterocycles. The van der Waals surface area contributed by atoms with Crippen molar-refractivity contribution >= 4 is 0 Å². The summed E-state index contributed by atoms with van der Waals surface area (Å²) in [5.41, 5.74) is 0.916. The van der Waals surface area contributed by atoms with Gasteiger partial charge >= 0.3 is 0 Å².